The van der Waals surface area contributed by atoms with Gasteiger partial charge in [0.15, 0.2) is 0 Å². The minimum atomic E-state index is -1.25. The normalized spacial score (nSPS) is 21.2. The van der Waals surface area contributed by atoms with Crippen molar-refractivity contribution in [3.63, 3.8) is 0 Å². The lowest BCUT2D eigenvalue weighted by Gasteiger charge is -2.49. The molecule has 150 valence electrons. The zero-order valence-corrected chi connectivity index (χ0v) is 17.2. The topological polar surface area (TPSA) is 168 Å². The average molecular weight is 493 g/mol. The van der Waals surface area contributed by atoms with Gasteiger partial charge in [-0.1, -0.05) is 27.7 Å². The molecule has 1 fully saturated rings. The number of hydrogen-bond donors (Lipinski definition) is 3. The number of nitrogens with zero attached hydrogens (tertiary/aromatic N) is 5. The summed E-state index contributed by atoms with van der Waals surface area (Å²) in [7, 11) is 0. The summed E-state index contributed by atoms with van der Waals surface area (Å²) >= 11 is 5.43. The van der Waals surface area contributed by atoms with Gasteiger partial charge in [0.2, 0.25) is 11.1 Å². The minimum absolute atomic E-state index is 0.0444. The minimum Gasteiger partial charge on any atom is -0.480 e. The number of β-lactam (4-membered cyclic amide) rings is 1. The lowest BCUT2D eigenvalue weighted by Crippen LogP contribution is -2.70. The summed E-state index contributed by atoms with van der Waals surface area (Å²) in [6.45, 7) is -0.420. The van der Waals surface area contributed by atoms with Gasteiger partial charge >= 0.3 is 11.9 Å². The number of carboxylic acids is 2. The maximum atomic E-state index is 12.4. The van der Waals surface area contributed by atoms with E-state index in [1.807, 2.05) is 0 Å². The number of tetrazole rings is 1. The van der Waals surface area contributed by atoms with Crippen LogP contribution in [0.4, 0.5) is 0 Å². The third-order valence-electron chi connectivity index (χ3n) is 3.85. The van der Waals surface area contributed by atoms with Gasteiger partial charge in [-0.15, -0.1) is 16.9 Å². The average Bonchev–Trinajstić information content (AvgIpc) is 3.09. The molecule has 0 saturated carbocycles. The van der Waals surface area contributed by atoms with Crippen LogP contribution in [0.25, 0.3) is 0 Å². The Labute approximate surface area is 174 Å². The molecule has 1 aromatic rings. The van der Waals surface area contributed by atoms with Gasteiger partial charge in [-0.3, -0.25) is 19.3 Å². The van der Waals surface area contributed by atoms with E-state index in [2.05, 4.69) is 36.8 Å². The second-order valence-corrected chi connectivity index (χ2v) is 8.26. The van der Waals surface area contributed by atoms with Crippen molar-refractivity contribution < 1.29 is 29.4 Å². The predicted octanol–water partition coefficient (Wildman–Crippen LogP) is -1.02. The molecule has 1 saturated heterocycles. The zero-order chi connectivity index (χ0) is 20.4. The van der Waals surface area contributed by atoms with Gasteiger partial charge in [-0.05, 0) is 16.0 Å². The standard InChI is InChI=1S/C13H13BrN6O6S2/c14-1-6(21)15-8-10(24)20-9(12(25)26)5(3-27-11(8)20)4-28-13-16-17-18-19(13)2-7(22)23/h8,11H,1-4H2,(H,15,21)(H,22,23)(H,25,26)/t8?,11-/m1/s1. The number of aromatic nitrogens is 4. The molecule has 3 heterocycles. The van der Waals surface area contributed by atoms with Crippen molar-refractivity contribution in [1.82, 2.24) is 30.4 Å². The molecule has 0 spiro atoms. The first-order chi connectivity index (χ1) is 13.3. The van der Waals surface area contributed by atoms with Crippen molar-refractivity contribution in [1.29, 1.82) is 0 Å². The molecule has 0 bridgehead atoms. The summed E-state index contributed by atoms with van der Waals surface area (Å²) in [5, 5.41) is 31.5. The van der Waals surface area contributed by atoms with Gasteiger partial charge < -0.3 is 15.5 Å². The maximum absolute atomic E-state index is 12.4. The molecule has 3 rings (SSSR count). The molecule has 0 radical (unpaired) electrons. The van der Waals surface area contributed by atoms with Crippen LogP contribution in [0.3, 0.4) is 0 Å². The van der Waals surface area contributed by atoms with Crippen LogP contribution in [0.2, 0.25) is 0 Å². The highest BCUT2D eigenvalue weighted by Crippen LogP contribution is 2.41. The van der Waals surface area contributed by atoms with Crippen LogP contribution < -0.4 is 5.32 Å². The molecule has 1 aromatic heterocycles. The molecule has 1 unspecified atom stereocenters. The fraction of sp³-hybridized carbons (Fsp3) is 0.462. The van der Waals surface area contributed by atoms with Crippen LogP contribution >= 0.6 is 39.5 Å². The van der Waals surface area contributed by atoms with E-state index < -0.39 is 35.8 Å². The van der Waals surface area contributed by atoms with Crippen LogP contribution in [-0.2, 0) is 25.7 Å². The number of hydrogen-bond acceptors (Lipinski definition) is 9. The van der Waals surface area contributed by atoms with Crippen molar-refractivity contribution in [3.05, 3.63) is 11.3 Å². The molecular weight excluding hydrogens is 480 g/mol. The Balaban J connectivity index is 1.75. The highest BCUT2D eigenvalue weighted by atomic mass is 79.9. The van der Waals surface area contributed by atoms with Gasteiger partial charge in [-0.25, -0.2) is 9.48 Å². The predicted molar refractivity (Wildman–Crippen MR) is 99.7 cm³/mol. The highest BCUT2D eigenvalue weighted by molar-refractivity contribution is 9.09. The first kappa shape index (κ1) is 20.6. The number of fused-ring (bicyclic) bond motifs is 1. The number of carbonyl (C=O) groups is 4. The van der Waals surface area contributed by atoms with Crippen LogP contribution in [0.5, 0.6) is 0 Å². The van der Waals surface area contributed by atoms with Crippen LogP contribution in [-0.4, -0.2) is 87.3 Å². The molecule has 12 nitrogen and oxygen atoms in total. The van der Waals surface area contributed by atoms with Gasteiger partial charge in [0, 0.05) is 11.5 Å². The number of amides is 2. The van der Waals surface area contributed by atoms with Crippen LogP contribution in [0.1, 0.15) is 0 Å². The van der Waals surface area contributed by atoms with Crippen molar-refractivity contribution in [2.45, 2.75) is 23.1 Å². The second-order valence-electron chi connectivity index (χ2n) is 5.65. The van der Waals surface area contributed by atoms with Crippen LogP contribution in [0, 0.1) is 0 Å². The van der Waals surface area contributed by atoms with E-state index in [0.29, 0.717) is 11.3 Å². The van der Waals surface area contributed by atoms with Gasteiger partial charge in [0.25, 0.3) is 5.91 Å². The Bertz CT molecular complexity index is 875. The number of rotatable bonds is 8. The quantitative estimate of drug-likeness (QED) is 0.230. The summed E-state index contributed by atoms with van der Waals surface area (Å²) in [6, 6.07) is -0.763. The Kier molecular flexibility index (Phi) is 6.24. The lowest BCUT2D eigenvalue weighted by molar-refractivity contribution is -0.150. The van der Waals surface area contributed by atoms with E-state index in [1.54, 1.807) is 0 Å². The van der Waals surface area contributed by atoms with E-state index in [0.717, 1.165) is 16.4 Å². The fourth-order valence-electron chi connectivity index (χ4n) is 2.69. The summed E-state index contributed by atoms with van der Waals surface area (Å²) in [6.07, 6.45) is 0. The molecule has 2 aliphatic rings. The highest BCUT2D eigenvalue weighted by Gasteiger charge is 2.54. The van der Waals surface area contributed by atoms with Crippen LogP contribution in [0.15, 0.2) is 16.4 Å². The second kappa shape index (κ2) is 8.48. The summed E-state index contributed by atoms with van der Waals surface area (Å²) < 4.78 is 1.09. The van der Waals surface area contributed by atoms with Crippen molar-refractivity contribution in [3.8, 4) is 0 Å². The number of aliphatic carboxylic acids is 2. The largest absolute Gasteiger partial charge is 0.480 e. The third-order valence-corrected chi connectivity index (χ3v) is 6.74. The van der Waals surface area contributed by atoms with Crippen molar-refractivity contribution >= 4 is 63.2 Å². The Morgan fingerprint density at radius 3 is 2.75 bits per heavy atom. The van der Waals surface area contributed by atoms with E-state index in [-0.39, 0.29) is 27.8 Å². The number of carbonyl (C=O) groups excluding carboxylic acids is 2. The lowest BCUT2D eigenvalue weighted by atomic mass is 10.0. The molecule has 2 amide bonds. The van der Waals surface area contributed by atoms with E-state index in [4.69, 9.17) is 5.11 Å². The summed E-state index contributed by atoms with van der Waals surface area (Å²) in [5.74, 6) is -2.69. The number of nitrogens with one attached hydrogen (secondary N) is 1. The SMILES string of the molecule is O=C(O)Cn1nnnc1SCC1=C(C(=O)O)N2C(=O)C(NC(=O)CBr)[C@H]2SC1. The smallest absolute Gasteiger partial charge is 0.352 e. The first-order valence-electron chi connectivity index (χ1n) is 7.69. The molecule has 28 heavy (non-hydrogen) atoms. The molecular formula is C13H13BrN6O6S2. The molecule has 3 N–H and O–H groups in total. The number of thioether (sulfide) groups is 2. The third kappa shape index (κ3) is 4.00. The van der Waals surface area contributed by atoms with E-state index in [9.17, 15) is 24.3 Å². The van der Waals surface area contributed by atoms with Gasteiger partial charge in [0.1, 0.15) is 23.7 Å². The molecule has 0 aromatic carbocycles. The number of carboxylic acid groups (broad SMARTS) is 2. The van der Waals surface area contributed by atoms with Crippen molar-refractivity contribution in [2.24, 2.45) is 0 Å². The Morgan fingerprint density at radius 1 is 1.36 bits per heavy atom. The Hall–Kier alpha value is -2.13. The summed E-state index contributed by atoms with van der Waals surface area (Å²) in [5.41, 5.74) is 0.366. The Morgan fingerprint density at radius 2 is 2.11 bits per heavy atom. The zero-order valence-electron chi connectivity index (χ0n) is 13.9. The van der Waals surface area contributed by atoms with Gasteiger partial charge in [-0.2, -0.15) is 0 Å². The summed E-state index contributed by atoms with van der Waals surface area (Å²) in [4.78, 5) is 47.7. The number of alkyl halides is 1. The molecule has 2 aliphatic heterocycles. The molecule has 2 atom stereocenters. The maximum Gasteiger partial charge on any atom is 0.352 e. The van der Waals surface area contributed by atoms with Gasteiger partial charge in [0.05, 0.1) is 5.33 Å². The van der Waals surface area contributed by atoms with E-state index >= 15 is 0 Å². The molecule has 0 aliphatic carbocycles. The fourth-order valence-corrected chi connectivity index (χ4v) is 5.21. The monoisotopic (exact) mass is 492 g/mol. The first-order valence-corrected chi connectivity index (χ1v) is 10.8. The van der Waals surface area contributed by atoms with Crippen molar-refractivity contribution in [2.75, 3.05) is 16.8 Å². The number of halogens is 1. The molecule has 15 heteroatoms. The van der Waals surface area contributed by atoms with E-state index in [1.165, 1.54) is 16.7 Å².